The molecule has 1 aliphatic rings. The number of benzene rings is 2. The summed E-state index contributed by atoms with van der Waals surface area (Å²) in [4.78, 5) is 53.4. The Morgan fingerprint density at radius 3 is 2.04 bits per heavy atom. The Morgan fingerprint density at radius 2 is 1.39 bits per heavy atom. The first-order chi connectivity index (χ1) is 13.6. The maximum atomic E-state index is 12.8. The van der Waals surface area contributed by atoms with Crippen LogP contribution < -0.4 is 5.56 Å². The summed E-state index contributed by atoms with van der Waals surface area (Å²) in [6.45, 7) is 0.0708. The van der Waals surface area contributed by atoms with Gasteiger partial charge in [0.25, 0.3) is 11.8 Å². The molecule has 2 amide bonds. The van der Waals surface area contributed by atoms with Crippen molar-refractivity contribution in [3.05, 3.63) is 105 Å². The smallest absolute Gasteiger partial charge is 0.261 e. The lowest BCUT2D eigenvalue weighted by Gasteiger charge is -2.15. The summed E-state index contributed by atoms with van der Waals surface area (Å²) in [7, 11) is 0. The topological polar surface area (TPSA) is 87.3 Å². The summed E-state index contributed by atoms with van der Waals surface area (Å²) in [5.41, 5.74) is 1.64. The lowest BCUT2D eigenvalue weighted by Crippen LogP contribution is -2.32. The number of aromatic amines is 1. The molecule has 0 spiro atoms. The number of ketones is 1. The van der Waals surface area contributed by atoms with E-state index in [4.69, 9.17) is 0 Å². The lowest BCUT2D eigenvalue weighted by molar-refractivity contribution is 0.0655. The maximum absolute atomic E-state index is 12.8. The number of carbonyl (C=O) groups is 3. The van der Waals surface area contributed by atoms with Gasteiger partial charge in [0.1, 0.15) is 0 Å². The third kappa shape index (κ3) is 3.05. The van der Waals surface area contributed by atoms with Gasteiger partial charge < -0.3 is 4.98 Å². The van der Waals surface area contributed by atoms with E-state index in [9.17, 15) is 19.2 Å². The summed E-state index contributed by atoms with van der Waals surface area (Å²) in [6, 6.07) is 18.1. The van der Waals surface area contributed by atoms with Crippen LogP contribution in [0.3, 0.4) is 0 Å². The molecule has 0 fully saturated rings. The molecule has 2 aromatic carbocycles. The quantitative estimate of drug-likeness (QED) is 0.550. The van der Waals surface area contributed by atoms with E-state index >= 15 is 0 Å². The average molecular weight is 372 g/mol. The van der Waals surface area contributed by atoms with Crippen LogP contribution in [0.25, 0.3) is 0 Å². The van der Waals surface area contributed by atoms with Gasteiger partial charge in [-0.05, 0) is 18.2 Å². The molecule has 6 heteroatoms. The molecule has 1 aromatic heterocycles. The van der Waals surface area contributed by atoms with Crippen molar-refractivity contribution in [2.24, 2.45) is 0 Å². The molecule has 0 radical (unpaired) electrons. The number of rotatable bonds is 5. The summed E-state index contributed by atoms with van der Waals surface area (Å²) in [5.74, 6) is -0.959. The Kier molecular flexibility index (Phi) is 4.45. The fourth-order valence-corrected chi connectivity index (χ4v) is 3.34. The fraction of sp³-hybridized carbons (Fsp3) is 0.0909. The van der Waals surface area contributed by atoms with Gasteiger partial charge >= 0.3 is 0 Å². The Bertz CT molecular complexity index is 1110. The van der Waals surface area contributed by atoms with E-state index in [1.807, 2.05) is 6.07 Å². The predicted molar refractivity (Wildman–Crippen MR) is 102 cm³/mol. The van der Waals surface area contributed by atoms with Crippen LogP contribution in [0.15, 0.2) is 71.5 Å². The minimum Gasteiger partial charge on any atom is -0.325 e. The number of hydrogen-bond donors (Lipinski definition) is 1. The van der Waals surface area contributed by atoms with Gasteiger partial charge in [-0.15, -0.1) is 0 Å². The van der Waals surface area contributed by atoms with Crippen molar-refractivity contribution in [2.45, 2.75) is 6.42 Å². The molecule has 28 heavy (non-hydrogen) atoms. The highest BCUT2D eigenvalue weighted by Gasteiger charge is 2.34. The number of hydrogen-bond acceptors (Lipinski definition) is 4. The number of pyridine rings is 1. The van der Waals surface area contributed by atoms with Crippen LogP contribution in [-0.2, 0) is 6.42 Å². The number of fused-ring (bicyclic) bond motifs is 1. The molecule has 3 aromatic rings. The molecule has 138 valence electrons. The number of amides is 2. The summed E-state index contributed by atoms with van der Waals surface area (Å²) in [6.07, 6.45) is 0.176. The highest BCUT2D eigenvalue weighted by molar-refractivity contribution is 6.21. The summed E-state index contributed by atoms with van der Waals surface area (Å²) in [5, 5.41) is 0. The molecular weight excluding hydrogens is 356 g/mol. The Hall–Kier alpha value is -3.80. The van der Waals surface area contributed by atoms with Gasteiger partial charge in [0, 0.05) is 35.9 Å². The fourth-order valence-electron chi connectivity index (χ4n) is 3.34. The van der Waals surface area contributed by atoms with Crippen molar-refractivity contribution in [3.8, 4) is 0 Å². The summed E-state index contributed by atoms with van der Waals surface area (Å²) >= 11 is 0. The zero-order valence-electron chi connectivity index (χ0n) is 14.8. The molecule has 0 aliphatic carbocycles. The molecule has 2 heterocycles. The summed E-state index contributed by atoms with van der Waals surface area (Å²) < 4.78 is 0. The van der Waals surface area contributed by atoms with Gasteiger partial charge in [0.05, 0.1) is 11.1 Å². The highest BCUT2D eigenvalue weighted by atomic mass is 16.2. The van der Waals surface area contributed by atoms with Crippen LogP contribution in [0.2, 0.25) is 0 Å². The minimum absolute atomic E-state index is 0.0708. The molecule has 0 saturated carbocycles. The Morgan fingerprint density at radius 1 is 0.786 bits per heavy atom. The number of aromatic nitrogens is 1. The Labute approximate surface area is 160 Å². The second kappa shape index (κ2) is 7.08. The molecule has 0 bridgehead atoms. The standard InChI is InChI=1S/C22H16N2O4/c25-19-11-10-17(20(26)14-6-2-1-3-7-14)18(23-19)12-13-24-21(27)15-8-4-5-9-16(15)22(24)28/h1-11H,12-13H2,(H,23,25). The first-order valence-corrected chi connectivity index (χ1v) is 8.83. The third-order valence-electron chi connectivity index (χ3n) is 4.74. The normalized spacial score (nSPS) is 12.9. The minimum atomic E-state index is -0.366. The molecule has 0 atom stereocenters. The van der Waals surface area contributed by atoms with Crippen LogP contribution in [0.4, 0.5) is 0 Å². The van der Waals surface area contributed by atoms with E-state index in [1.54, 1.807) is 48.5 Å². The molecular formula is C22H16N2O4. The zero-order valence-corrected chi connectivity index (χ0v) is 14.8. The first kappa shape index (κ1) is 17.6. The molecule has 0 unspecified atom stereocenters. The zero-order chi connectivity index (χ0) is 19.7. The lowest BCUT2D eigenvalue weighted by atomic mass is 10.0. The van der Waals surface area contributed by atoms with Crippen molar-refractivity contribution in [1.82, 2.24) is 9.88 Å². The largest absolute Gasteiger partial charge is 0.325 e. The van der Waals surface area contributed by atoms with Gasteiger partial charge in [-0.2, -0.15) is 0 Å². The van der Waals surface area contributed by atoms with E-state index in [0.717, 1.165) is 4.90 Å². The van der Waals surface area contributed by atoms with E-state index in [-0.39, 0.29) is 36.1 Å². The van der Waals surface area contributed by atoms with E-state index in [1.165, 1.54) is 12.1 Å². The maximum Gasteiger partial charge on any atom is 0.261 e. The van der Waals surface area contributed by atoms with Gasteiger partial charge in [0.2, 0.25) is 5.56 Å². The van der Waals surface area contributed by atoms with E-state index in [2.05, 4.69) is 4.98 Å². The van der Waals surface area contributed by atoms with Crippen LogP contribution in [0, 0.1) is 0 Å². The predicted octanol–water partition coefficient (Wildman–Crippen LogP) is 2.44. The van der Waals surface area contributed by atoms with Crippen LogP contribution in [-0.4, -0.2) is 34.0 Å². The second-order valence-electron chi connectivity index (χ2n) is 6.47. The highest BCUT2D eigenvalue weighted by Crippen LogP contribution is 2.23. The molecule has 1 aliphatic heterocycles. The monoisotopic (exact) mass is 372 g/mol. The van der Waals surface area contributed by atoms with Gasteiger partial charge in [-0.1, -0.05) is 42.5 Å². The van der Waals surface area contributed by atoms with Crippen LogP contribution in [0.1, 0.15) is 42.3 Å². The molecule has 6 nitrogen and oxygen atoms in total. The van der Waals surface area contributed by atoms with Crippen molar-refractivity contribution < 1.29 is 14.4 Å². The van der Waals surface area contributed by atoms with Crippen molar-refractivity contribution in [1.29, 1.82) is 0 Å². The molecule has 0 saturated heterocycles. The number of nitrogens with zero attached hydrogens (tertiary/aromatic N) is 1. The molecule has 4 rings (SSSR count). The first-order valence-electron chi connectivity index (χ1n) is 8.83. The van der Waals surface area contributed by atoms with Gasteiger partial charge in [-0.25, -0.2) is 0 Å². The van der Waals surface area contributed by atoms with Crippen LogP contribution in [0.5, 0.6) is 0 Å². The Balaban J connectivity index is 1.60. The van der Waals surface area contributed by atoms with Gasteiger partial charge in [-0.3, -0.25) is 24.1 Å². The van der Waals surface area contributed by atoms with Crippen LogP contribution >= 0.6 is 0 Å². The van der Waals surface area contributed by atoms with Crippen molar-refractivity contribution >= 4 is 17.6 Å². The molecule has 1 N–H and O–H groups in total. The third-order valence-corrected chi connectivity index (χ3v) is 4.74. The van der Waals surface area contributed by atoms with Crippen molar-refractivity contribution in [2.75, 3.05) is 6.54 Å². The number of H-pyrrole nitrogens is 1. The van der Waals surface area contributed by atoms with E-state index < -0.39 is 0 Å². The SMILES string of the molecule is O=C(c1ccccc1)c1ccc(=O)[nH]c1CCN1C(=O)c2ccccc2C1=O. The van der Waals surface area contributed by atoms with Gasteiger partial charge in [0.15, 0.2) is 5.78 Å². The number of imide groups is 1. The average Bonchev–Trinajstić information content (AvgIpc) is 2.97. The number of nitrogens with one attached hydrogen (secondary N) is 1. The van der Waals surface area contributed by atoms with Crippen molar-refractivity contribution in [3.63, 3.8) is 0 Å². The number of carbonyl (C=O) groups excluding carboxylic acids is 3. The van der Waals surface area contributed by atoms with E-state index in [0.29, 0.717) is 27.9 Å². The second-order valence-corrected chi connectivity index (χ2v) is 6.47.